The van der Waals surface area contributed by atoms with Crippen LogP contribution in [0.2, 0.25) is 0 Å². The van der Waals surface area contributed by atoms with Gasteiger partial charge in [-0.05, 0) is 30.9 Å². The number of hydroxylamine groups is 2. The van der Waals surface area contributed by atoms with Crippen LogP contribution in [-0.4, -0.2) is 39.4 Å². The van der Waals surface area contributed by atoms with Crippen LogP contribution >= 0.6 is 0 Å². The molecule has 1 aliphatic rings. The number of quaternary nitrogens is 1. The summed E-state index contributed by atoms with van der Waals surface area (Å²) in [5.41, 5.74) is 1.63. The molecule has 0 spiro atoms. The predicted octanol–water partition coefficient (Wildman–Crippen LogP) is 4.52. The lowest BCUT2D eigenvalue weighted by Crippen LogP contribution is -3.04. The van der Waals surface area contributed by atoms with E-state index in [1.165, 1.54) is 94.9 Å². The SMILES string of the molecule is CON(C)CCCCCCCCCCCCCCC1=CC=C[NH+](C)C1. The molecule has 1 heterocycles. The van der Waals surface area contributed by atoms with E-state index in [1.807, 2.05) is 12.1 Å². The Morgan fingerprint density at radius 3 is 1.92 bits per heavy atom. The van der Waals surface area contributed by atoms with Gasteiger partial charge in [-0.1, -0.05) is 70.3 Å². The Morgan fingerprint density at radius 2 is 1.40 bits per heavy atom. The summed E-state index contributed by atoms with van der Waals surface area (Å²) in [6.07, 6.45) is 24.9. The van der Waals surface area contributed by atoms with Gasteiger partial charge < -0.3 is 9.74 Å². The molecule has 0 aromatic rings. The normalized spacial score (nSPS) is 17.3. The number of rotatable bonds is 16. The molecule has 0 fully saturated rings. The maximum Gasteiger partial charge on any atom is 0.103 e. The Hall–Kier alpha value is -0.640. The molecule has 3 nitrogen and oxygen atoms in total. The lowest BCUT2D eigenvalue weighted by molar-refractivity contribution is -0.820. The van der Waals surface area contributed by atoms with E-state index >= 15 is 0 Å². The number of hydrogen-bond acceptors (Lipinski definition) is 2. The first-order chi connectivity index (χ1) is 12.2. The topological polar surface area (TPSA) is 16.9 Å². The minimum atomic E-state index is 1.06. The smallest absolute Gasteiger partial charge is 0.103 e. The standard InChI is InChI=1S/C22H42N2O/c1-23-19-16-18-22(21-23)17-14-12-10-8-6-4-5-7-9-11-13-15-20-24(2)25-3/h16,18-19H,4-15,17,20-21H2,1-3H3/p+1. The second kappa shape index (κ2) is 15.6. The summed E-state index contributed by atoms with van der Waals surface area (Å²) < 4.78 is 0. The van der Waals surface area contributed by atoms with Crippen LogP contribution in [0, 0.1) is 0 Å². The van der Waals surface area contributed by atoms with E-state index in [2.05, 4.69) is 25.4 Å². The molecule has 0 amide bonds. The van der Waals surface area contributed by atoms with Gasteiger partial charge >= 0.3 is 0 Å². The number of likely N-dealkylation sites (N-methyl/N-ethyl adjacent to an activating group) is 1. The molecule has 0 bridgehead atoms. The number of nitrogens with zero attached hydrogens (tertiary/aromatic N) is 1. The van der Waals surface area contributed by atoms with Crippen molar-refractivity contribution in [3.8, 4) is 0 Å². The van der Waals surface area contributed by atoms with E-state index in [0.717, 1.165) is 6.54 Å². The van der Waals surface area contributed by atoms with Crippen molar-refractivity contribution in [3.63, 3.8) is 0 Å². The highest BCUT2D eigenvalue weighted by Crippen LogP contribution is 2.14. The minimum Gasteiger partial charge on any atom is -0.308 e. The van der Waals surface area contributed by atoms with Crippen LogP contribution in [0.3, 0.4) is 0 Å². The maximum absolute atomic E-state index is 5.12. The van der Waals surface area contributed by atoms with E-state index in [9.17, 15) is 0 Å². The van der Waals surface area contributed by atoms with Crippen LogP contribution < -0.4 is 4.90 Å². The van der Waals surface area contributed by atoms with Crippen molar-refractivity contribution in [2.24, 2.45) is 0 Å². The maximum atomic E-state index is 5.12. The highest BCUT2D eigenvalue weighted by atomic mass is 16.7. The number of hydrogen-bond donors (Lipinski definition) is 1. The summed E-state index contributed by atoms with van der Waals surface area (Å²) in [4.78, 5) is 6.63. The number of allylic oxidation sites excluding steroid dienone is 2. The molecule has 0 saturated heterocycles. The van der Waals surface area contributed by atoms with Gasteiger partial charge in [-0.15, -0.1) is 0 Å². The Morgan fingerprint density at radius 1 is 0.880 bits per heavy atom. The van der Waals surface area contributed by atoms with Crippen LogP contribution in [0.15, 0.2) is 23.9 Å². The molecule has 3 heteroatoms. The average Bonchev–Trinajstić information content (AvgIpc) is 2.61. The summed E-state index contributed by atoms with van der Waals surface area (Å²) in [6, 6.07) is 0. The van der Waals surface area contributed by atoms with Gasteiger partial charge in [0.15, 0.2) is 0 Å². The third-order valence-electron chi connectivity index (χ3n) is 5.25. The zero-order chi connectivity index (χ0) is 18.2. The largest absolute Gasteiger partial charge is 0.308 e. The number of nitrogens with one attached hydrogen (secondary N) is 1. The summed E-state index contributed by atoms with van der Waals surface area (Å²) in [7, 11) is 5.99. The molecule has 146 valence electrons. The molecular weight excluding hydrogens is 308 g/mol. The van der Waals surface area contributed by atoms with Crippen molar-refractivity contribution in [3.05, 3.63) is 23.9 Å². The molecule has 1 aliphatic heterocycles. The van der Waals surface area contributed by atoms with Crippen LogP contribution in [-0.2, 0) is 4.84 Å². The Labute approximate surface area is 157 Å². The molecule has 25 heavy (non-hydrogen) atoms. The van der Waals surface area contributed by atoms with E-state index in [4.69, 9.17) is 4.84 Å². The highest BCUT2D eigenvalue weighted by Gasteiger charge is 2.06. The molecule has 1 N–H and O–H groups in total. The van der Waals surface area contributed by atoms with E-state index in [-0.39, 0.29) is 0 Å². The molecule has 1 unspecified atom stereocenters. The van der Waals surface area contributed by atoms with Gasteiger partial charge in [0.1, 0.15) is 6.54 Å². The van der Waals surface area contributed by atoms with Gasteiger partial charge in [0.25, 0.3) is 0 Å². The minimum absolute atomic E-state index is 1.06. The van der Waals surface area contributed by atoms with Crippen LogP contribution in [0.25, 0.3) is 0 Å². The van der Waals surface area contributed by atoms with Crippen LogP contribution in [0.5, 0.6) is 0 Å². The van der Waals surface area contributed by atoms with Crippen molar-refractivity contribution in [2.75, 3.05) is 34.3 Å². The van der Waals surface area contributed by atoms with Crippen molar-refractivity contribution in [1.82, 2.24) is 5.06 Å². The molecule has 1 atom stereocenters. The van der Waals surface area contributed by atoms with E-state index < -0.39 is 0 Å². The second-order valence-corrected chi connectivity index (χ2v) is 7.73. The lowest BCUT2D eigenvalue weighted by Gasteiger charge is -2.14. The molecule has 0 aromatic carbocycles. The third kappa shape index (κ3) is 13.3. The fraction of sp³-hybridized carbons (Fsp3) is 0.818. The van der Waals surface area contributed by atoms with Gasteiger partial charge in [-0.2, -0.15) is 5.06 Å². The van der Waals surface area contributed by atoms with E-state index in [0.29, 0.717) is 0 Å². The van der Waals surface area contributed by atoms with E-state index in [1.54, 1.807) is 12.7 Å². The fourth-order valence-corrected chi connectivity index (χ4v) is 3.54. The number of unbranched alkanes of at least 4 members (excludes halogenated alkanes) is 11. The van der Waals surface area contributed by atoms with Crippen LogP contribution in [0.4, 0.5) is 0 Å². The van der Waals surface area contributed by atoms with Crippen molar-refractivity contribution in [1.29, 1.82) is 0 Å². The molecule has 0 aromatic heterocycles. The molecule has 0 radical (unpaired) electrons. The zero-order valence-electron chi connectivity index (χ0n) is 17.2. The predicted molar refractivity (Wildman–Crippen MR) is 109 cm³/mol. The summed E-state index contributed by atoms with van der Waals surface area (Å²) in [5, 5.41) is 1.92. The first-order valence-electron chi connectivity index (χ1n) is 10.7. The molecular formula is C22H43N2O+. The quantitative estimate of drug-likeness (QED) is 0.325. The average molecular weight is 352 g/mol. The zero-order valence-corrected chi connectivity index (χ0v) is 17.2. The first kappa shape index (κ1) is 22.4. The lowest BCUT2D eigenvalue weighted by atomic mass is 10.0. The summed E-state index contributed by atoms with van der Waals surface area (Å²) >= 11 is 0. The van der Waals surface area contributed by atoms with Crippen LogP contribution in [0.1, 0.15) is 83.5 Å². The van der Waals surface area contributed by atoms with Crippen molar-refractivity contribution < 1.29 is 9.74 Å². The Balaban J connectivity index is 1.75. The Kier molecular flexibility index (Phi) is 14.0. The fourth-order valence-electron chi connectivity index (χ4n) is 3.54. The summed E-state index contributed by atoms with van der Waals surface area (Å²) in [5.74, 6) is 0. The van der Waals surface area contributed by atoms with Gasteiger partial charge in [0, 0.05) is 13.6 Å². The Bertz CT molecular complexity index is 365. The second-order valence-electron chi connectivity index (χ2n) is 7.73. The first-order valence-corrected chi connectivity index (χ1v) is 10.7. The molecule has 0 saturated carbocycles. The van der Waals surface area contributed by atoms with Crippen molar-refractivity contribution in [2.45, 2.75) is 83.5 Å². The van der Waals surface area contributed by atoms with Crippen molar-refractivity contribution >= 4 is 0 Å². The molecule has 0 aliphatic carbocycles. The van der Waals surface area contributed by atoms with Gasteiger partial charge in [-0.3, -0.25) is 0 Å². The van der Waals surface area contributed by atoms with Gasteiger partial charge in [0.2, 0.25) is 0 Å². The highest BCUT2D eigenvalue weighted by molar-refractivity contribution is 5.13. The third-order valence-corrected chi connectivity index (χ3v) is 5.25. The molecule has 1 rings (SSSR count). The van der Waals surface area contributed by atoms with Gasteiger partial charge in [0.05, 0.1) is 20.4 Å². The van der Waals surface area contributed by atoms with Gasteiger partial charge in [-0.25, -0.2) is 0 Å². The summed E-state index contributed by atoms with van der Waals surface area (Å²) in [6.45, 7) is 2.27. The monoisotopic (exact) mass is 351 g/mol.